The van der Waals surface area contributed by atoms with Crippen LogP contribution in [0.25, 0.3) is 55.6 Å². The summed E-state index contributed by atoms with van der Waals surface area (Å²) in [6.07, 6.45) is 0. The Morgan fingerprint density at radius 2 is 0.827 bits per heavy atom. The molecule has 0 radical (unpaired) electrons. The molecule has 8 aromatic carbocycles. The third-order valence-electron chi connectivity index (χ3n) is 10.6. The van der Waals surface area contributed by atoms with Gasteiger partial charge in [0.2, 0.25) is 0 Å². The summed E-state index contributed by atoms with van der Waals surface area (Å²) in [7, 11) is 0. The molecule has 0 heterocycles. The number of rotatable bonds is 7. The van der Waals surface area contributed by atoms with Crippen molar-refractivity contribution in [2.75, 3.05) is 4.90 Å². The van der Waals surface area contributed by atoms with Crippen molar-refractivity contribution < 1.29 is 0 Å². The first-order valence-corrected chi connectivity index (χ1v) is 18.1. The summed E-state index contributed by atoms with van der Waals surface area (Å²) in [5.41, 5.74) is 18.2. The number of hydrogen-bond acceptors (Lipinski definition) is 1. The molecule has 0 fully saturated rings. The number of hydrogen-bond donors (Lipinski definition) is 0. The lowest BCUT2D eigenvalue weighted by Gasteiger charge is -2.31. The van der Waals surface area contributed by atoms with Gasteiger partial charge < -0.3 is 4.90 Å². The summed E-state index contributed by atoms with van der Waals surface area (Å²) in [5, 5.41) is 0. The Balaban J connectivity index is 1.35. The summed E-state index contributed by atoms with van der Waals surface area (Å²) in [5.74, 6) is 0. The van der Waals surface area contributed by atoms with E-state index in [-0.39, 0.29) is 5.41 Å². The smallest absolute Gasteiger partial charge is 0.0540 e. The second-order valence-corrected chi connectivity index (χ2v) is 14.2. The molecule has 9 rings (SSSR count). The summed E-state index contributed by atoms with van der Waals surface area (Å²) in [6.45, 7) is 4.75. The van der Waals surface area contributed by atoms with E-state index in [9.17, 15) is 0 Å². The Hall–Kier alpha value is -6.44. The van der Waals surface area contributed by atoms with Gasteiger partial charge in [0.15, 0.2) is 0 Å². The fraction of sp³-hybridized carbons (Fsp3) is 0.0588. The molecule has 0 N–H and O–H groups in total. The van der Waals surface area contributed by atoms with Crippen molar-refractivity contribution in [3.8, 4) is 55.6 Å². The fourth-order valence-electron chi connectivity index (χ4n) is 8.16. The van der Waals surface area contributed by atoms with Crippen molar-refractivity contribution in [3.05, 3.63) is 211 Å². The highest BCUT2D eigenvalue weighted by Crippen LogP contribution is 2.55. The average molecular weight is 666 g/mol. The Labute approximate surface area is 307 Å². The molecule has 0 aromatic heterocycles. The van der Waals surface area contributed by atoms with Crippen molar-refractivity contribution >= 4 is 17.1 Å². The van der Waals surface area contributed by atoms with E-state index < -0.39 is 0 Å². The molecule has 0 unspecified atom stereocenters. The zero-order chi connectivity index (χ0) is 35.1. The minimum atomic E-state index is -0.153. The average Bonchev–Trinajstić information content (AvgIpc) is 3.45. The van der Waals surface area contributed by atoms with Gasteiger partial charge in [0, 0.05) is 22.4 Å². The molecule has 0 amide bonds. The molecule has 0 saturated heterocycles. The molecular weight excluding hydrogens is 627 g/mol. The Bertz CT molecular complexity index is 2520. The first kappa shape index (κ1) is 31.5. The lowest BCUT2D eigenvalue weighted by Crippen LogP contribution is -2.17. The molecule has 0 saturated carbocycles. The number of anilines is 3. The van der Waals surface area contributed by atoms with Gasteiger partial charge >= 0.3 is 0 Å². The molecule has 0 atom stereocenters. The van der Waals surface area contributed by atoms with Crippen LogP contribution in [0.3, 0.4) is 0 Å². The number of nitrogens with zero attached hydrogens (tertiary/aromatic N) is 1. The maximum absolute atomic E-state index is 2.48. The first-order chi connectivity index (χ1) is 25.6. The number of benzene rings is 8. The summed E-state index contributed by atoms with van der Waals surface area (Å²) < 4.78 is 0. The zero-order valence-electron chi connectivity index (χ0n) is 29.5. The predicted molar refractivity (Wildman–Crippen MR) is 220 cm³/mol. The third-order valence-corrected chi connectivity index (χ3v) is 10.6. The van der Waals surface area contributed by atoms with E-state index in [1.54, 1.807) is 0 Å². The van der Waals surface area contributed by atoms with Crippen LogP contribution in [0.4, 0.5) is 17.1 Å². The second-order valence-electron chi connectivity index (χ2n) is 14.2. The summed E-state index contributed by atoms with van der Waals surface area (Å²) >= 11 is 0. The molecule has 0 aliphatic heterocycles. The lowest BCUT2D eigenvalue weighted by atomic mass is 9.78. The Kier molecular flexibility index (Phi) is 7.90. The SMILES string of the molecule is CC1(C)c2ccccc2-c2cc(N(c3cccc(-c4ccccc4)c3)c3ccc(-c4ccccc4)cc3-c3ccccc3)cc(-c3ccccc3)c21. The monoisotopic (exact) mass is 665 g/mol. The summed E-state index contributed by atoms with van der Waals surface area (Å²) in [4.78, 5) is 2.48. The fourth-order valence-corrected chi connectivity index (χ4v) is 8.16. The standard InChI is InChI=1S/C51H39N/c1-51(2)48-29-16-15-28-44(48)47-35-43(34-46(50(47)51)39-24-13-6-14-25-39)52(42-27-17-26-40(32-42)36-18-7-3-8-19-36)49-31-30-41(37-20-9-4-10-21-37)33-45(49)38-22-11-5-12-23-38/h3-35H,1-2H3. The van der Waals surface area contributed by atoms with E-state index in [1.807, 2.05) is 0 Å². The highest BCUT2D eigenvalue weighted by Gasteiger charge is 2.38. The molecule has 1 aliphatic rings. The van der Waals surface area contributed by atoms with Crippen LogP contribution in [0.1, 0.15) is 25.0 Å². The van der Waals surface area contributed by atoms with Crippen LogP contribution in [0.5, 0.6) is 0 Å². The zero-order valence-corrected chi connectivity index (χ0v) is 29.5. The molecule has 0 spiro atoms. The minimum Gasteiger partial charge on any atom is -0.310 e. The Morgan fingerprint density at radius 3 is 1.46 bits per heavy atom. The third kappa shape index (κ3) is 5.52. The molecule has 0 bridgehead atoms. The van der Waals surface area contributed by atoms with Crippen LogP contribution in [0, 0.1) is 0 Å². The molecule has 1 heteroatoms. The van der Waals surface area contributed by atoms with Crippen molar-refractivity contribution in [1.82, 2.24) is 0 Å². The highest BCUT2D eigenvalue weighted by atomic mass is 15.1. The van der Waals surface area contributed by atoms with Crippen LogP contribution in [-0.2, 0) is 5.41 Å². The van der Waals surface area contributed by atoms with Crippen LogP contribution in [0.2, 0.25) is 0 Å². The maximum Gasteiger partial charge on any atom is 0.0540 e. The van der Waals surface area contributed by atoms with Gasteiger partial charge in [-0.2, -0.15) is 0 Å². The first-order valence-electron chi connectivity index (χ1n) is 18.1. The van der Waals surface area contributed by atoms with E-state index in [0.717, 1.165) is 17.1 Å². The highest BCUT2D eigenvalue weighted by molar-refractivity contribution is 5.96. The van der Waals surface area contributed by atoms with Crippen LogP contribution in [0.15, 0.2) is 200 Å². The Morgan fingerprint density at radius 1 is 0.327 bits per heavy atom. The largest absolute Gasteiger partial charge is 0.310 e. The molecular formula is C51H39N. The summed E-state index contributed by atoms with van der Waals surface area (Å²) in [6, 6.07) is 72.9. The molecule has 1 aliphatic carbocycles. The van der Waals surface area contributed by atoms with E-state index in [0.29, 0.717) is 0 Å². The van der Waals surface area contributed by atoms with Crippen molar-refractivity contribution in [2.24, 2.45) is 0 Å². The van der Waals surface area contributed by atoms with E-state index in [2.05, 4.69) is 219 Å². The lowest BCUT2D eigenvalue weighted by molar-refractivity contribution is 0.662. The van der Waals surface area contributed by atoms with Crippen LogP contribution in [-0.4, -0.2) is 0 Å². The van der Waals surface area contributed by atoms with Gasteiger partial charge in [-0.1, -0.05) is 178 Å². The van der Waals surface area contributed by atoms with Gasteiger partial charge in [0.25, 0.3) is 0 Å². The van der Waals surface area contributed by atoms with Crippen LogP contribution >= 0.6 is 0 Å². The topological polar surface area (TPSA) is 3.24 Å². The van der Waals surface area contributed by atoms with Gasteiger partial charge in [0.1, 0.15) is 0 Å². The quantitative estimate of drug-likeness (QED) is 0.164. The van der Waals surface area contributed by atoms with Crippen molar-refractivity contribution in [3.63, 3.8) is 0 Å². The van der Waals surface area contributed by atoms with E-state index >= 15 is 0 Å². The van der Waals surface area contributed by atoms with Crippen LogP contribution < -0.4 is 4.90 Å². The molecule has 52 heavy (non-hydrogen) atoms. The normalized spacial score (nSPS) is 12.6. The van der Waals surface area contributed by atoms with E-state index in [1.165, 1.54) is 66.8 Å². The second kappa shape index (κ2) is 13.0. The number of fused-ring (bicyclic) bond motifs is 3. The maximum atomic E-state index is 2.48. The molecule has 248 valence electrons. The van der Waals surface area contributed by atoms with E-state index in [4.69, 9.17) is 0 Å². The van der Waals surface area contributed by atoms with Gasteiger partial charge in [-0.15, -0.1) is 0 Å². The molecule has 8 aromatic rings. The van der Waals surface area contributed by atoms with Gasteiger partial charge in [-0.05, 0) is 97.6 Å². The van der Waals surface area contributed by atoms with Gasteiger partial charge in [-0.3, -0.25) is 0 Å². The van der Waals surface area contributed by atoms with Gasteiger partial charge in [-0.25, -0.2) is 0 Å². The molecule has 1 nitrogen and oxygen atoms in total. The van der Waals surface area contributed by atoms with Crippen molar-refractivity contribution in [1.29, 1.82) is 0 Å². The minimum absolute atomic E-state index is 0.153. The van der Waals surface area contributed by atoms with Gasteiger partial charge in [0.05, 0.1) is 5.69 Å². The predicted octanol–water partition coefficient (Wildman–Crippen LogP) is 14.1. The van der Waals surface area contributed by atoms with Crippen molar-refractivity contribution in [2.45, 2.75) is 19.3 Å².